The second-order valence-electron chi connectivity index (χ2n) is 7.24. The smallest absolute Gasteiger partial charge is 0.338 e. The third-order valence-electron chi connectivity index (χ3n) is 5.09. The Morgan fingerprint density at radius 1 is 1.06 bits per heavy atom. The highest BCUT2D eigenvalue weighted by atomic mass is 35.5. The number of nitrogens with two attached hydrogens (primary N) is 1. The van der Waals surface area contributed by atoms with Crippen molar-refractivity contribution >= 4 is 39.2 Å². The quantitative estimate of drug-likeness (QED) is 0.553. The van der Waals surface area contributed by atoms with Gasteiger partial charge in [0.05, 0.1) is 22.3 Å². The SMILES string of the molecule is NS(=O)(=O)c1cc(C(=O)OCC(=O)N2c3ccccc3OCC2c2ccccc2)ccc1Cl. The minimum Gasteiger partial charge on any atom is -0.489 e. The third kappa shape index (κ3) is 4.85. The van der Waals surface area contributed by atoms with Gasteiger partial charge in [0.1, 0.15) is 17.3 Å². The van der Waals surface area contributed by atoms with E-state index in [1.807, 2.05) is 30.3 Å². The van der Waals surface area contributed by atoms with Gasteiger partial charge < -0.3 is 9.47 Å². The molecule has 10 heteroatoms. The highest BCUT2D eigenvalue weighted by Gasteiger charge is 2.33. The van der Waals surface area contributed by atoms with Crippen LogP contribution in [0, 0.1) is 0 Å². The van der Waals surface area contributed by atoms with E-state index in [4.69, 9.17) is 26.2 Å². The molecule has 1 amide bonds. The predicted octanol–water partition coefficient (Wildman–Crippen LogP) is 3.31. The van der Waals surface area contributed by atoms with Crippen molar-refractivity contribution in [1.29, 1.82) is 0 Å². The van der Waals surface area contributed by atoms with Crippen molar-refractivity contribution < 1.29 is 27.5 Å². The Hall–Kier alpha value is -3.40. The lowest BCUT2D eigenvalue weighted by molar-refractivity contribution is -0.122. The van der Waals surface area contributed by atoms with Crippen LogP contribution >= 0.6 is 11.6 Å². The van der Waals surface area contributed by atoms with Crippen LogP contribution in [-0.2, 0) is 19.6 Å². The minimum absolute atomic E-state index is 0.0989. The van der Waals surface area contributed by atoms with E-state index in [2.05, 4.69) is 0 Å². The molecule has 0 spiro atoms. The Morgan fingerprint density at radius 2 is 1.76 bits per heavy atom. The number of rotatable bonds is 5. The van der Waals surface area contributed by atoms with Crippen LogP contribution in [0.25, 0.3) is 0 Å². The Balaban J connectivity index is 1.57. The third-order valence-corrected chi connectivity index (χ3v) is 6.48. The van der Waals surface area contributed by atoms with Gasteiger partial charge in [0.25, 0.3) is 5.91 Å². The lowest BCUT2D eigenvalue weighted by atomic mass is 10.0. The molecule has 0 radical (unpaired) electrons. The van der Waals surface area contributed by atoms with Gasteiger partial charge in [-0.15, -0.1) is 0 Å². The summed E-state index contributed by atoms with van der Waals surface area (Å²) in [5, 5.41) is 5.00. The molecule has 8 nitrogen and oxygen atoms in total. The van der Waals surface area contributed by atoms with Crippen molar-refractivity contribution in [2.45, 2.75) is 10.9 Å². The number of hydrogen-bond acceptors (Lipinski definition) is 6. The molecule has 33 heavy (non-hydrogen) atoms. The first kappa shape index (κ1) is 22.8. The van der Waals surface area contributed by atoms with E-state index in [9.17, 15) is 18.0 Å². The number of carbonyl (C=O) groups excluding carboxylic acids is 2. The Labute approximate surface area is 195 Å². The molecule has 3 aromatic carbocycles. The van der Waals surface area contributed by atoms with Crippen molar-refractivity contribution in [3.8, 4) is 5.75 Å². The summed E-state index contributed by atoms with van der Waals surface area (Å²) in [5.74, 6) is -0.809. The molecule has 0 fully saturated rings. The Bertz CT molecular complexity index is 1310. The van der Waals surface area contributed by atoms with Gasteiger partial charge in [0.2, 0.25) is 10.0 Å². The fraction of sp³-hybridized carbons (Fsp3) is 0.130. The van der Waals surface area contributed by atoms with Crippen LogP contribution in [0.3, 0.4) is 0 Å². The average molecular weight is 487 g/mol. The van der Waals surface area contributed by atoms with Gasteiger partial charge in [-0.2, -0.15) is 0 Å². The van der Waals surface area contributed by atoms with Gasteiger partial charge in [-0.3, -0.25) is 9.69 Å². The Morgan fingerprint density at radius 3 is 2.48 bits per heavy atom. The highest BCUT2D eigenvalue weighted by molar-refractivity contribution is 7.89. The van der Waals surface area contributed by atoms with E-state index in [0.29, 0.717) is 11.4 Å². The maximum absolute atomic E-state index is 13.2. The molecule has 0 saturated carbocycles. The van der Waals surface area contributed by atoms with Crippen molar-refractivity contribution in [1.82, 2.24) is 0 Å². The lowest BCUT2D eigenvalue weighted by Gasteiger charge is -2.37. The number of fused-ring (bicyclic) bond motifs is 1. The molecule has 170 valence electrons. The molecule has 4 rings (SSSR count). The molecule has 1 heterocycles. The van der Waals surface area contributed by atoms with Crippen LogP contribution in [-0.4, -0.2) is 33.5 Å². The molecule has 0 aromatic heterocycles. The number of amides is 1. The van der Waals surface area contributed by atoms with E-state index < -0.39 is 39.4 Å². The maximum Gasteiger partial charge on any atom is 0.338 e. The maximum atomic E-state index is 13.2. The van der Waals surface area contributed by atoms with Crippen LogP contribution in [0.1, 0.15) is 22.0 Å². The van der Waals surface area contributed by atoms with Gasteiger partial charge in [-0.25, -0.2) is 18.4 Å². The van der Waals surface area contributed by atoms with E-state index in [1.165, 1.54) is 12.1 Å². The first-order chi connectivity index (χ1) is 15.8. The number of hydrogen-bond donors (Lipinski definition) is 1. The summed E-state index contributed by atoms with van der Waals surface area (Å²) in [6.07, 6.45) is 0. The molecule has 1 aliphatic rings. The minimum atomic E-state index is -4.14. The van der Waals surface area contributed by atoms with Crippen LogP contribution in [0.2, 0.25) is 5.02 Å². The number of sulfonamides is 1. The zero-order chi connectivity index (χ0) is 23.6. The van der Waals surface area contributed by atoms with E-state index in [0.717, 1.165) is 11.6 Å². The molecule has 1 aliphatic heterocycles. The molecular formula is C23H19ClN2O6S. The van der Waals surface area contributed by atoms with Crippen molar-refractivity contribution in [2.75, 3.05) is 18.1 Å². The van der Waals surface area contributed by atoms with Crippen LogP contribution in [0.5, 0.6) is 5.75 Å². The topological polar surface area (TPSA) is 116 Å². The largest absolute Gasteiger partial charge is 0.489 e. The predicted molar refractivity (Wildman–Crippen MR) is 122 cm³/mol. The summed E-state index contributed by atoms with van der Waals surface area (Å²) >= 11 is 5.85. The van der Waals surface area contributed by atoms with Crippen molar-refractivity contribution in [2.24, 2.45) is 5.14 Å². The van der Waals surface area contributed by atoms with Gasteiger partial charge in [0, 0.05) is 0 Å². The standard InChI is InChI=1S/C23H19ClN2O6S/c24-17-11-10-16(12-21(17)33(25,29)30)23(28)32-14-22(27)26-18-8-4-5-9-20(18)31-13-19(26)15-6-2-1-3-7-15/h1-12,19H,13-14H2,(H2,25,29,30). The van der Waals surface area contributed by atoms with Gasteiger partial charge in [-0.05, 0) is 35.9 Å². The molecular weight excluding hydrogens is 468 g/mol. The van der Waals surface area contributed by atoms with Crippen LogP contribution < -0.4 is 14.8 Å². The summed E-state index contributed by atoms with van der Waals surface area (Å²) in [5.41, 5.74) is 1.32. The highest BCUT2D eigenvalue weighted by Crippen LogP contribution is 2.39. The first-order valence-corrected chi connectivity index (χ1v) is 11.8. The van der Waals surface area contributed by atoms with E-state index in [-0.39, 0.29) is 17.2 Å². The monoisotopic (exact) mass is 486 g/mol. The fourth-order valence-electron chi connectivity index (χ4n) is 3.55. The summed E-state index contributed by atoms with van der Waals surface area (Å²) < 4.78 is 34.4. The molecule has 0 bridgehead atoms. The van der Waals surface area contributed by atoms with E-state index in [1.54, 1.807) is 29.2 Å². The molecule has 0 saturated heterocycles. The molecule has 2 N–H and O–H groups in total. The number of esters is 1. The first-order valence-electron chi connectivity index (χ1n) is 9.84. The Kier molecular flexibility index (Phi) is 6.37. The number of benzene rings is 3. The van der Waals surface area contributed by atoms with Crippen LogP contribution in [0.4, 0.5) is 5.69 Å². The molecule has 3 aromatic rings. The summed E-state index contributed by atoms with van der Waals surface area (Å²) in [7, 11) is -4.14. The van der Waals surface area contributed by atoms with Crippen LogP contribution in [0.15, 0.2) is 77.7 Å². The molecule has 1 atom stereocenters. The van der Waals surface area contributed by atoms with Crippen molar-refractivity contribution in [3.63, 3.8) is 0 Å². The normalized spacial score (nSPS) is 15.3. The summed E-state index contributed by atoms with van der Waals surface area (Å²) in [4.78, 5) is 26.9. The zero-order valence-corrected chi connectivity index (χ0v) is 18.8. The number of ether oxygens (including phenoxy) is 2. The number of para-hydroxylation sites is 2. The molecule has 0 aliphatic carbocycles. The zero-order valence-electron chi connectivity index (χ0n) is 17.2. The second-order valence-corrected chi connectivity index (χ2v) is 9.17. The number of halogens is 1. The van der Waals surface area contributed by atoms with Gasteiger partial charge >= 0.3 is 5.97 Å². The second kappa shape index (κ2) is 9.22. The fourth-order valence-corrected chi connectivity index (χ4v) is 4.62. The summed E-state index contributed by atoms with van der Waals surface area (Å²) in [6, 6.07) is 19.6. The number of nitrogens with zero attached hydrogens (tertiary/aromatic N) is 1. The summed E-state index contributed by atoms with van der Waals surface area (Å²) in [6.45, 7) is -0.334. The number of carbonyl (C=O) groups is 2. The van der Waals surface area contributed by atoms with Gasteiger partial charge in [0.15, 0.2) is 6.61 Å². The number of primary sulfonamides is 1. The average Bonchev–Trinajstić information content (AvgIpc) is 2.81. The van der Waals surface area contributed by atoms with Crippen molar-refractivity contribution in [3.05, 3.63) is 88.9 Å². The lowest BCUT2D eigenvalue weighted by Crippen LogP contribution is -2.43. The number of anilines is 1. The molecule has 1 unspecified atom stereocenters. The van der Waals surface area contributed by atoms with Gasteiger partial charge in [-0.1, -0.05) is 54.1 Å². The van der Waals surface area contributed by atoms with E-state index >= 15 is 0 Å².